The maximum atomic E-state index is 5.78. The molecule has 6 nitrogen and oxygen atoms in total. The maximum absolute atomic E-state index is 5.78. The molecule has 0 fully saturated rings. The summed E-state index contributed by atoms with van der Waals surface area (Å²) in [7, 11) is 3.52. The van der Waals surface area contributed by atoms with Crippen molar-refractivity contribution in [3.8, 4) is 11.5 Å². The topological polar surface area (TPSA) is 73.1 Å². The number of hydrogen-bond donors (Lipinski definition) is 1. The molecule has 19 heavy (non-hydrogen) atoms. The van der Waals surface area contributed by atoms with Crippen LogP contribution < -0.4 is 5.32 Å². The molecule has 0 aliphatic rings. The van der Waals surface area contributed by atoms with Gasteiger partial charge in [0.25, 0.3) is 0 Å². The minimum atomic E-state index is 0.136. The fourth-order valence-corrected chi connectivity index (χ4v) is 1.72. The largest absolute Gasteiger partial charge is 0.383 e. The van der Waals surface area contributed by atoms with Crippen LogP contribution in [-0.4, -0.2) is 41.9 Å². The molecule has 1 atom stereocenters. The van der Waals surface area contributed by atoms with E-state index in [1.165, 1.54) is 0 Å². The molecule has 0 spiro atoms. The summed E-state index contributed by atoms with van der Waals surface area (Å²) in [6.45, 7) is 0.577. The van der Waals surface area contributed by atoms with Gasteiger partial charge in [0.15, 0.2) is 0 Å². The smallest absolute Gasteiger partial charge is 0.228 e. The van der Waals surface area contributed by atoms with E-state index >= 15 is 0 Å². The molecule has 1 N–H and O–H groups in total. The molecule has 1 unspecified atom stereocenters. The van der Waals surface area contributed by atoms with Crippen LogP contribution in [0.5, 0.6) is 0 Å². The second-order valence-electron chi connectivity index (χ2n) is 4.02. The molecular weight excluding hydrogens is 268 g/mol. The Morgan fingerprint density at radius 3 is 2.95 bits per heavy atom. The van der Waals surface area contributed by atoms with Crippen molar-refractivity contribution in [3.63, 3.8) is 0 Å². The standard InChI is InChI=1S/C12H15ClN4O2/c1-14-9(7-18-2)5-11-16-12(17-19-11)10-4-3-8(13)6-15-10/h3-4,6,9,14H,5,7H2,1-2H3. The van der Waals surface area contributed by atoms with E-state index in [0.717, 1.165) is 0 Å². The molecule has 102 valence electrons. The highest BCUT2D eigenvalue weighted by molar-refractivity contribution is 6.30. The average Bonchev–Trinajstić information content (AvgIpc) is 2.87. The third kappa shape index (κ3) is 3.73. The molecule has 0 aliphatic carbocycles. The molecule has 0 saturated heterocycles. The van der Waals surface area contributed by atoms with E-state index < -0.39 is 0 Å². The van der Waals surface area contributed by atoms with Crippen molar-refractivity contribution < 1.29 is 9.26 Å². The van der Waals surface area contributed by atoms with Crippen LogP contribution in [0, 0.1) is 0 Å². The number of ether oxygens (including phenoxy) is 1. The zero-order valence-electron chi connectivity index (χ0n) is 10.8. The van der Waals surface area contributed by atoms with Gasteiger partial charge in [-0.2, -0.15) is 4.98 Å². The van der Waals surface area contributed by atoms with E-state index in [9.17, 15) is 0 Å². The molecule has 2 aromatic rings. The summed E-state index contributed by atoms with van der Waals surface area (Å²) in [5, 5.41) is 7.60. The summed E-state index contributed by atoms with van der Waals surface area (Å²) in [4.78, 5) is 8.44. The summed E-state index contributed by atoms with van der Waals surface area (Å²) in [6, 6.07) is 3.62. The van der Waals surface area contributed by atoms with E-state index in [1.807, 2.05) is 7.05 Å². The molecule has 2 aromatic heterocycles. The molecule has 0 radical (unpaired) electrons. The van der Waals surface area contributed by atoms with Crippen molar-refractivity contribution in [1.82, 2.24) is 20.4 Å². The molecule has 0 aromatic carbocycles. The molecule has 2 heterocycles. The highest BCUT2D eigenvalue weighted by atomic mass is 35.5. The lowest BCUT2D eigenvalue weighted by Crippen LogP contribution is -2.32. The third-order valence-corrected chi connectivity index (χ3v) is 2.85. The van der Waals surface area contributed by atoms with Crippen LogP contribution in [0.4, 0.5) is 0 Å². The third-order valence-electron chi connectivity index (χ3n) is 2.62. The Bertz CT molecular complexity index is 515. The number of hydrogen-bond acceptors (Lipinski definition) is 6. The number of halogens is 1. The lowest BCUT2D eigenvalue weighted by Gasteiger charge is -2.11. The van der Waals surface area contributed by atoms with Crippen molar-refractivity contribution in [3.05, 3.63) is 29.2 Å². The lowest BCUT2D eigenvalue weighted by atomic mass is 10.2. The van der Waals surface area contributed by atoms with Crippen LogP contribution in [0.2, 0.25) is 5.02 Å². The second-order valence-corrected chi connectivity index (χ2v) is 4.45. The first-order valence-electron chi connectivity index (χ1n) is 5.83. The minimum absolute atomic E-state index is 0.136. The van der Waals surface area contributed by atoms with E-state index in [4.69, 9.17) is 20.9 Å². The summed E-state index contributed by atoms with van der Waals surface area (Å²) in [6.07, 6.45) is 2.15. The SMILES string of the molecule is CNC(COC)Cc1nc(-c2ccc(Cl)cn2)no1. The van der Waals surface area contributed by atoms with Crippen LogP contribution >= 0.6 is 11.6 Å². The van der Waals surface area contributed by atoms with Crippen molar-refractivity contribution >= 4 is 11.6 Å². The predicted molar refractivity (Wildman–Crippen MR) is 71.0 cm³/mol. The lowest BCUT2D eigenvalue weighted by molar-refractivity contribution is 0.165. The molecule has 0 aliphatic heterocycles. The van der Waals surface area contributed by atoms with Crippen LogP contribution in [-0.2, 0) is 11.2 Å². The minimum Gasteiger partial charge on any atom is -0.383 e. The van der Waals surface area contributed by atoms with Gasteiger partial charge in [-0.1, -0.05) is 16.8 Å². The Morgan fingerprint density at radius 1 is 1.47 bits per heavy atom. The van der Waals surface area contributed by atoms with Gasteiger partial charge in [0.05, 0.1) is 11.6 Å². The number of rotatable bonds is 6. The molecule has 0 saturated carbocycles. The van der Waals surface area contributed by atoms with Crippen molar-refractivity contribution in [1.29, 1.82) is 0 Å². The monoisotopic (exact) mass is 282 g/mol. The van der Waals surface area contributed by atoms with Gasteiger partial charge in [-0.15, -0.1) is 0 Å². The Hall–Kier alpha value is -1.50. The predicted octanol–water partition coefficient (Wildman–Crippen LogP) is 1.56. The van der Waals surface area contributed by atoms with Crippen LogP contribution in [0.3, 0.4) is 0 Å². The molecule has 2 rings (SSSR count). The van der Waals surface area contributed by atoms with Gasteiger partial charge >= 0.3 is 0 Å². The Balaban J connectivity index is 2.08. The van der Waals surface area contributed by atoms with Gasteiger partial charge in [0.1, 0.15) is 5.69 Å². The Morgan fingerprint density at radius 2 is 2.32 bits per heavy atom. The number of nitrogens with zero attached hydrogens (tertiary/aromatic N) is 3. The number of nitrogens with one attached hydrogen (secondary N) is 1. The molecular formula is C12H15ClN4O2. The summed E-state index contributed by atoms with van der Waals surface area (Å²) >= 11 is 5.78. The van der Waals surface area contributed by atoms with Gasteiger partial charge in [-0.25, -0.2) is 0 Å². The normalized spacial score (nSPS) is 12.6. The zero-order valence-corrected chi connectivity index (χ0v) is 11.5. The average molecular weight is 283 g/mol. The number of methoxy groups -OCH3 is 1. The first-order valence-corrected chi connectivity index (χ1v) is 6.21. The summed E-state index contributed by atoms with van der Waals surface area (Å²) in [5.41, 5.74) is 0.632. The Labute approximate surface area is 116 Å². The van der Waals surface area contributed by atoms with Crippen LogP contribution in [0.15, 0.2) is 22.9 Å². The highest BCUT2D eigenvalue weighted by Crippen LogP contribution is 2.15. The van der Waals surface area contributed by atoms with Gasteiger partial charge in [-0.3, -0.25) is 4.98 Å². The van der Waals surface area contributed by atoms with E-state index in [2.05, 4.69) is 20.4 Å². The number of likely N-dealkylation sites (N-methyl/N-ethyl adjacent to an activating group) is 1. The fraction of sp³-hybridized carbons (Fsp3) is 0.417. The molecule has 0 bridgehead atoms. The van der Waals surface area contributed by atoms with Crippen LogP contribution in [0.25, 0.3) is 11.5 Å². The fourth-order valence-electron chi connectivity index (χ4n) is 1.61. The molecule has 7 heteroatoms. The maximum Gasteiger partial charge on any atom is 0.228 e. The first kappa shape index (κ1) is 13.9. The van der Waals surface area contributed by atoms with Crippen molar-refractivity contribution in [2.75, 3.05) is 20.8 Å². The van der Waals surface area contributed by atoms with E-state index in [-0.39, 0.29) is 6.04 Å². The van der Waals surface area contributed by atoms with Gasteiger partial charge in [0, 0.05) is 25.8 Å². The van der Waals surface area contributed by atoms with Gasteiger partial charge in [0.2, 0.25) is 11.7 Å². The van der Waals surface area contributed by atoms with Crippen molar-refractivity contribution in [2.45, 2.75) is 12.5 Å². The van der Waals surface area contributed by atoms with Crippen molar-refractivity contribution in [2.24, 2.45) is 0 Å². The van der Waals surface area contributed by atoms with E-state index in [1.54, 1.807) is 25.4 Å². The zero-order chi connectivity index (χ0) is 13.7. The highest BCUT2D eigenvalue weighted by Gasteiger charge is 2.14. The van der Waals surface area contributed by atoms with E-state index in [0.29, 0.717) is 35.5 Å². The quantitative estimate of drug-likeness (QED) is 0.867. The van der Waals surface area contributed by atoms with Gasteiger partial charge in [-0.05, 0) is 19.2 Å². The van der Waals surface area contributed by atoms with Crippen LogP contribution in [0.1, 0.15) is 5.89 Å². The summed E-state index contributed by atoms with van der Waals surface area (Å²) in [5.74, 6) is 1.00. The second kappa shape index (κ2) is 6.60. The Kier molecular flexibility index (Phi) is 4.84. The number of pyridine rings is 1. The molecule has 0 amide bonds. The first-order chi connectivity index (χ1) is 9.22. The van der Waals surface area contributed by atoms with Gasteiger partial charge < -0.3 is 14.6 Å². The number of aromatic nitrogens is 3. The summed E-state index contributed by atoms with van der Waals surface area (Å²) < 4.78 is 10.3.